The molecule has 1 N–H and O–H groups in total. The zero-order valence-corrected chi connectivity index (χ0v) is 34.1. The fraction of sp³-hybridized carbons (Fsp3) is 0.245. The number of ketones is 1. The maximum atomic E-state index is 14.2. The van der Waals surface area contributed by atoms with Crippen molar-refractivity contribution in [2.45, 2.75) is 62.8 Å². The molecule has 0 saturated carbocycles. The van der Waals surface area contributed by atoms with Crippen LogP contribution >= 0.6 is 0 Å². The third-order valence-corrected chi connectivity index (χ3v) is 15.0. The Morgan fingerprint density at radius 3 is 1.95 bits per heavy atom. The van der Waals surface area contributed by atoms with Crippen molar-refractivity contribution in [1.82, 2.24) is 5.32 Å². The summed E-state index contributed by atoms with van der Waals surface area (Å²) in [6.07, 6.45) is 23.0. The van der Waals surface area contributed by atoms with E-state index in [1.807, 2.05) is 24.4 Å². The molecule has 0 radical (unpaired) electrons. The molecule has 5 atom stereocenters. The maximum absolute atomic E-state index is 14.2. The fourth-order valence-corrected chi connectivity index (χ4v) is 12.0. The number of hydrogen-bond acceptors (Lipinski definition) is 7. The van der Waals surface area contributed by atoms with E-state index < -0.39 is 0 Å². The number of nitrogens with zero attached hydrogens (tertiary/aromatic N) is 3. The molecule has 0 aromatic heterocycles. The summed E-state index contributed by atoms with van der Waals surface area (Å²) in [5.41, 5.74) is 13.4. The number of carbonyl (C=O) groups is 1. The highest BCUT2D eigenvalue weighted by molar-refractivity contribution is 6.15. The van der Waals surface area contributed by atoms with Gasteiger partial charge >= 0.3 is 0 Å². The molecule has 7 nitrogen and oxygen atoms in total. The largest absolute Gasteiger partial charge is 0.453 e. The van der Waals surface area contributed by atoms with Gasteiger partial charge < -0.3 is 24.6 Å². The van der Waals surface area contributed by atoms with Gasteiger partial charge in [0.15, 0.2) is 23.0 Å². The Hall–Kier alpha value is -6.60. The third-order valence-electron chi connectivity index (χ3n) is 15.0. The Morgan fingerprint density at radius 1 is 0.683 bits per heavy atom. The SMILES string of the molecule is CC1(C)c2cc3c(cc2C2C=CC=CC21)N(C1=CC2=C(NC1)C(=O)C1=C2CC(N2c4ccccc4Oc4cc5c(cc42)C2C=CC=CC2C5(C)C)C=N1)c1ccccc1O3. The van der Waals surface area contributed by atoms with E-state index in [1.165, 1.54) is 22.3 Å². The van der Waals surface area contributed by atoms with E-state index in [-0.39, 0.29) is 22.7 Å². The molecule has 0 fully saturated rings. The summed E-state index contributed by atoms with van der Waals surface area (Å²) in [7, 11) is 0. The van der Waals surface area contributed by atoms with Crippen molar-refractivity contribution in [3.8, 4) is 23.0 Å². The molecule has 7 heteroatoms. The summed E-state index contributed by atoms with van der Waals surface area (Å²) in [4.78, 5) is 23.9. The Morgan fingerprint density at radius 2 is 1.27 bits per heavy atom. The van der Waals surface area contributed by atoms with Crippen LogP contribution in [0.3, 0.4) is 0 Å². The second-order valence-electron chi connectivity index (χ2n) is 18.7. The number of para-hydroxylation sites is 4. The number of benzene rings is 4. The van der Waals surface area contributed by atoms with E-state index >= 15 is 0 Å². The zero-order valence-electron chi connectivity index (χ0n) is 34.1. The van der Waals surface area contributed by atoms with Gasteiger partial charge in [-0.1, -0.05) is 101 Å². The first-order valence-corrected chi connectivity index (χ1v) is 21.4. The summed E-state index contributed by atoms with van der Waals surface area (Å²) in [5, 5.41) is 3.59. The molecule has 0 bridgehead atoms. The van der Waals surface area contributed by atoms with E-state index in [2.05, 4.69) is 152 Å². The van der Waals surface area contributed by atoms with Crippen molar-refractivity contribution < 1.29 is 14.3 Å². The Labute approximate surface area is 350 Å². The van der Waals surface area contributed by atoms with Gasteiger partial charge in [0, 0.05) is 35.7 Å². The van der Waals surface area contributed by atoms with E-state index in [1.54, 1.807) is 0 Å². The van der Waals surface area contributed by atoms with Crippen LogP contribution in [0.4, 0.5) is 22.7 Å². The molecule has 0 amide bonds. The van der Waals surface area contributed by atoms with E-state index in [4.69, 9.17) is 14.5 Å². The van der Waals surface area contributed by atoms with Gasteiger partial charge in [-0.05, 0) is 105 Å². The molecule has 60 heavy (non-hydrogen) atoms. The van der Waals surface area contributed by atoms with Crippen LogP contribution in [0.1, 0.15) is 68.2 Å². The summed E-state index contributed by atoms with van der Waals surface area (Å²) in [6, 6.07) is 25.7. The molecule has 4 aromatic rings. The smallest absolute Gasteiger partial charge is 0.228 e. The highest BCUT2D eigenvalue weighted by Gasteiger charge is 2.48. The first-order valence-electron chi connectivity index (χ1n) is 21.4. The number of ether oxygens (including phenoxy) is 2. The molecule has 4 aromatic carbocycles. The highest BCUT2D eigenvalue weighted by Crippen LogP contribution is 2.60. The Bertz CT molecular complexity index is 2930. The molecule has 5 aliphatic carbocycles. The number of anilines is 4. The van der Waals surface area contributed by atoms with Crippen LogP contribution in [-0.2, 0) is 15.6 Å². The number of Topliss-reactive ketones (excluding diaryl/α,β-unsaturated/α-hetero) is 1. The van der Waals surface area contributed by atoms with Crippen molar-refractivity contribution in [2.24, 2.45) is 16.8 Å². The first-order chi connectivity index (χ1) is 29.2. The highest BCUT2D eigenvalue weighted by atomic mass is 16.5. The quantitative estimate of drug-likeness (QED) is 0.218. The summed E-state index contributed by atoms with van der Waals surface area (Å²) >= 11 is 0. The number of hydrogen-bond donors (Lipinski definition) is 1. The molecule has 0 spiro atoms. The lowest BCUT2D eigenvalue weighted by atomic mass is 9.74. The molecular weight excluding hydrogens is 741 g/mol. The molecule has 5 unspecified atom stereocenters. The van der Waals surface area contributed by atoms with Crippen LogP contribution < -0.4 is 24.6 Å². The van der Waals surface area contributed by atoms with Crippen molar-refractivity contribution in [3.05, 3.63) is 178 Å². The third kappa shape index (κ3) is 4.44. The van der Waals surface area contributed by atoms with Crippen LogP contribution in [0.15, 0.2) is 161 Å². The minimum atomic E-state index is -0.155. The van der Waals surface area contributed by atoms with Crippen LogP contribution in [0.2, 0.25) is 0 Å². The number of rotatable bonds is 2. The van der Waals surface area contributed by atoms with Crippen LogP contribution in [0, 0.1) is 11.8 Å². The monoisotopic (exact) mass is 784 g/mol. The molecule has 9 aliphatic rings. The molecule has 0 saturated heterocycles. The molecule has 4 heterocycles. The average Bonchev–Trinajstić information content (AvgIpc) is 3.77. The van der Waals surface area contributed by atoms with Gasteiger partial charge in [-0.3, -0.25) is 9.79 Å². The number of aliphatic imine (C=N–C) groups is 1. The number of allylic oxidation sites excluding steroid dienone is 10. The molecule has 294 valence electrons. The van der Waals surface area contributed by atoms with Gasteiger partial charge in [0.2, 0.25) is 5.78 Å². The standard InChI is InChI=1S/C53H44N4O3/c1-52(2)37-15-7-5-13-31(37)33-23-43-47(25-39(33)52)59-45-19-11-9-17-41(45)56(43)29-21-35-36-22-30(28-55-50(36)51(58)49(35)54-27-29)57-42-18-10-12-20-46(42)60-48-26-40-34(24-44(48)57)32-14-6-8-16-38(32)53(40,3)4/h5-21,23-26,28,30-32,37-38,54H,22,27H2,1-4H3. The predicted molar refractivity (Wildman–Crippen MR) is 237 cm³/mol. The van der Waals surface area contributed by atoms with Gasteiger partial charge in [0.1, 0.15) is 5.70 Å². The van der Waals surface area contributed by atoms with Gasteiger partial charge in [-0.2, -0.15) is 0 Å². The number of fused-ring (bicyclic) bond motifs is 11. The van der Waals surface area contributed by atoms with Crippen molar-refractivity contribution in [2.75, 3.05) is 16.3 Å². The number of nitrogens with one attached hydrogen (secondary N) is 1. The minimum Gasteiger partial charge on any atom is -0.453 e. The lowest BCUT2D eigenvalue weighted by molar-refractivity contribution is -0.112. The maximum Gasteiger partial charge on any atom is 0.228 e. The van der Waals surface area contributed by atoms with Gasteiger partial charge in [0.05, 0.1) is 41.0 Å². The molecular formula is C53H44N4O3. The number of dihydropyridines is 1. The summed E-state index contributed by atoms with van der Waals surface area (Å²) < 4.78 is 13.5. The number of carbonyl (C=O) groups excluding carboxylic acids is 1. The Balaban J connectivity index is 0.904. The Kier molecular flexibility index (Phi) is 6.73. The minimum absolute atomic E-state index is 0.0383. The van der Waals surface area contributed by atoms with E-state index in [0.29, 0.717) is 48.0 Å². The van der Waals surface area contributed by atoms with E-state index in [9.17, 15) is 4.79 Å². The average molecular weight is 785 g/mol. The van der Waals surface area contributed by atoms with Crippen LogP contribution in [0.5, 0.6) is 23.0 Å². The topological polar surface area (TPSA) is 66.4 Å². The normalized spacial score (nSPS) is 27.0. The second-order valence-corrected chi connectivity index (χ2v) is 18.7. The molecule has 4 aliphatic heterocycles. The van der Waals surface area contributed by atoms with Crippen molar-refractivity contribution >= 4 is 34.7 Å². The van der Waals surface area contributed by atoms with Crippen molar-refractivity contribution in [3.63, 3.8) is 0 Å². The van der Waals surface area contributed by atoms with Gasteiger partial charge in [-0.25, -0.2) is 0 Å². The second kappa shape index (κ2) is 11.8. The summed E-state index contributed by atoms with van der Waals surface area (Å²) in [5.74, 6) is 4.67. The van der Waals surface area contributed by atoms with Crippen LogP contribution in [0.25, 0.3) is 0 Å². The lowest BCUT2D eigenvalue weighted by Crippen LogP contribution is -2.36. The lowest BCUT2D eigenvalue weighted by Gasteiger charge is -2.39. The molecule has 13 rings (SSSR count). The van der Waals surface area contributed by atoms with Crippen LogP contribution in [-0.4, -0.2) is 24.6 Å². The zero-order chi connectivity index (χ0) is 40.2. The van der Waals surface area contributed by atoms with Gasteiger partial charge in [-0.15, -0.1) is 0 Å². The predicted octanol–water partition coefficient (Wildman–Crippen LogP) is 11.5. The van der Waals surface area contributed by atoms with Gasteiger partial charge in [0.25, 0.3) is 0 Å². The van der Waals surface area contributed by atoms with Crippen molar-refractivity contribution in [1.29, 1.82) is 0 Å². The summed E-state index contributed by atoms with van der Waals surface area (Å²) in [6.45, 7) is 9.90. The fourth-order valence-electron chi connectivity index (χ4n) is 12.0. The van der Waals surface area contributed by atoms with E-state index in [0.717, 1.165) is 62.6 Å². The first kappa shape index (κ1) is 34.3.